The fourth-order valence-electron chi connectivity index (χ4n) is 3.57. The zero-order chi connectivity index (χ0) is 26.2. The highest BCUT2D eigenvalue weighted by Gasteiger charge is 2.33. The number of benzene rings is 2. The SMILES string of the molecule is CN(C(=O)c1ccn2ncc(-c3ccc(C(N)=O)cc3)c2c1)c1ccc(OC(F)(F)F)c(C(=O)O)c1. The van der Waals surface area contributed by atoms with Crippen LogP contribution in [0.5, 0.6) is 5.75 Å². The third-order valence-corrected chi connectivity index (χ3v) is 5.36. The van der Waals surface area contributed by atoms with E-state index in [4.69, 9.17) is 5.73 Å². The van der Waals surface area contributed by atoms with Gasteiger partial charge in [0.05, 0.1) is 11.7 Å². The Hall–Kier alpha value is -4.87. The van der Waals surface area contributed by atoms with E-state index < -0.39 is 35.5 Å². The number of amides is 2. The molecule has 0 fully saturated rings. The van der Waals surface area contributed by atoms with Crippen molar-refractivity contribution in [2.45, 2.75) is 6.36 Å². The van der Waals surface area contributed by atoms with Crippen LogP contribution in [-0.4, -0.2) is 45.9 Å². The lowest BCUT2D eigenvalue weighted by Gasteiger charge is -2.19. The van der Waals surface area contributed by atoms with Crippen LogP contribution in [0.3, 0.4) is 0 Å². The van der Waals surface area contributed by atoms with Gasteiger partial charge in [0.15, 0.2) is 0 Å². The Bertz CT molecular complexity index is 1500. The molecule has 0 bridgehead atoms. The molecule has 0 aliphatic carbocycles. The number of nitrogens with zero attached hydrogens (tertiary/aromatic N) is 3. The summed E-state index contributed by atoms with van der Waals surface area (Å²) < 4.78 is 43.1. The van der Waals surface area contributed by atoms with Gasteiger partial charge >= 0.3 is 12.3 Å². The Morgan fingerprint density at radius 1 is 1.03 bits per heavy atom. The van der Waals surface area contributed by atoms with Crippen molar-refractivity contribution in [3.05, 3.63) is 83.7 Å². The first kappa shape index (κ1) is 24.3. The Labute approximate surface area is 201 Å². The number of carbonyl (C=O) groups is 3. The van der Waals surface area contributed by atoms with Gasteiger partial charge in [-0.15, -0.1) is 13.2 Å². The number of rotatable bonds is 6. The number of aromatic carboxylic acids is 1. The molecule has 4 rings (SSSR count). The van der Waals surface area contributed by atoms with E-state index in [0.29, 0.717) is 16.6 Å². The standard InChI is InChI=1S/C24H17F3N4O5/c1-30(16-6-7-20(36-24(25,26)27)17(11-16)23(34)35)22(33)15-8-9-31-19(10-15)18(12-29-31)13-2-4-14(5-3-13)21(28)32/h2-12H,1H3,(H2,28,32)(H,34,35). The Balaban J connectivity index is 1.67. The topological polar surface area (TPSA) is 127 Å². The zero-order valence-electron chi connectivity index (χ0n) is 18.5. The summed E-state index contributed by atoms with van der Waals surface area (Å²) >= 11 is 0. The molecule has 0 saturated heterocycles. The third-order valence-electron chi connectivity index (χ3n) is 5.36. The van der Waals surface area contributed by atoms with Crippen molar-refractivity contribution in [1.29, 1.82) is 0 Å². The largest absolute Gasteiger partial charge is 0.573 e. The summed E-state index contributed by atoms with van der Waals surface area (Å²) in [6.07, 6.45) is -1.93. The molecule has 2 amide bonds. The van der Waals surface area contributed by atoms with Crippen molar-refractivity contribution in [2.24, 2.45) is 5.73 Å². The molecule has 3 N–H and O–H groups in total. The Kier molecular flexibility index (Phi) is 6.10. The van der Waals surface area contributed by atoms with Crippen molar-refractivity contribution >= 4 is 29.0 Å². The lowest BCUT2D eigenvalue weighted by molar-refractivity contribution is -0.274. The molecule has 0 spiro atoms. The van der Waals surface area contributed by atoms with Crippen LogP contribution in [-0.2, 0) is 0 Å². The average molecular weight is 498 g/mol. The molecule has 2 aromatic heterocycles. The molecule has 0 aliphatic heterocycles. The fraction of sp³-hybridized carbons (Fsp3) is 0.0833. The van der Waals surface area contributed by atoms with Crippen LogP contribution in [0.1, 0.15) is 31.1 Å². The highest BCUT2D eigenvalue weighted by molar-refractivity contribution is 6.07. The summed E-state index contributed by atoms with van der Waals surface area (Å²) in [5.74, 6) is -3.66. The first-order valence-electron chi connectivity index (χ1n) is 10.2. The molecule has 9 nitrogen and oxygen atoms in total. The first-order valence-corrected chi connectivity index (χ1v) is 10.2. The molecule has 2 aromatic carbocycles. The highest BCUT2D eigenvalue weighted by Crippen LogP contribution is 2.31. The quantitative estimate of drug-likeness (QED) is 0.414. The molecule has 2 heterocycles. The predicted molar refractivity (Wildman–Crippen MR) is 122 cm³/mol. The second kappa shape index (κ2) is 9.06. The van der Waals surface area contributed by atoms with Crippen LogP contribution in [0.15, 0.2) is 67.0 Å². The van der Waals surface area contributed by atoms with Gasteiger partial charge in [-0.1, -0.05) is 12.1 Å². The fourth-order valence-corrected chi connectivity index (χ4v) is 3.57. The van der Waals surface area contributed by atoms with Crippen molar-refractivity contribution < 1.29 is 37.4 Å². The molecular weight excluding hydrogens is 481 g/mol. The van der Waals surface area contributed by atoms with E-state index in [1.165, 1.54) is 13.1 Å². The predicted octanol–water partition coefficient (Wildman–Crippen LogP) is 3.97. The van der Waals surface area contributed by atoms with Gasteiger partial charge in [0.2, 0.25) is 5.91 Å². The van der Waals surface area contributed by atoms with Gasteiger partial charge in [-0.25, -0.2) is 9.31 Å². The number of primary amides is 1. The summed E-state index contributed by atoms with van der Waals surface area (Å²) in [5, 5.41) is 13.6. The van der Waals surface area contributed by atoms with Gasteiger partial charge in [-0.2, -0.15) is 5.10 Å². The van der Waals surface area contributed by atoms with E-state index >= 15 is 0 Å². The minimum Gasteiger partial charge on any atom is -0.478 e. The Morgan fingerprint density at radius 3 is 2.33 bits per heavy atom. The van der Waals surface area contributed by atoms with Crippen LogP contribution in [0.25, 0.3) is 16.6 Å². The number of alkyl halides is 3. The molecule has 12 heteroatoms. The van der Waals surface area contributed by atoms with Crippen molar-refractivity contribution in [3.63, 3.8) is 0 Å². The van der Waals surface area contributed by atoms with Gasteiger partial charge in [-0.3, -0.25) is 9.59 Å². The van der Waals surface area contributed by atoms with Gasteiger partial charge in [-0.05, 0) is 48.0 Å². The number of carboxylic acid groups (broad SMARTS) is 1. The smallest absolute Gasteiger partial charge is 0.478 e. The Morgan fingerprint density at radius 2 is 1.72 bits per heavy atom. The molecule has 0 radical (unpaired) electrons. The molecule has 0 aliphatic rings. The number of pyridine rings is 1. The van der Waals surface area contributed by atoms with E-state index in [-0.39, 0.29) is 11.3 Å². The summed E-state index contributed by atoms with van der Waals surface area (Å²) in [6, 6.07) is 12.5. The maximum absolute atomic E-state index is 13.2. The van der Waals surface area contributed by atoms with Crippen LogP contribution in [0, 0.1) is 0 Å². The molecule has 4 aromatic rings. The van der Waals surface area contributed by atoms with Gasteiger partial charge in [0, 0.05) is 35.6 Å². The van der Waals surface area contributed by atoms with Gasteiger partial charge < -0.3 is 20.5 Å². The number of ether oxygens (including phenoxy) is 1. The van der Waals surface area contributed by atoms with E-state index in [1.54, 1.807) is 47.2 Å². The average Bonchev–Trinajstić information content (AvgIpc) is 3.25. The number of carboxylic acids is 1. The molecule has 184 valence electrons. The van der Waals surface area contributed by atoms with Crippen LogP contribution in [0.4, 0.5) is 18.9 Å². The monoisotopic (exact) mass is 498 g/mol. The maximum Gasteiger partial charge on any atom is 0.573 e. The number of aromatic nitrogens is 2. The lowest BCUT2D eigenvalue weighted by Crippen LogP contribution is -2.27. The number of halogens is 3. The van der Waals surface area contributed by atoms with E-state index in [2.05, 4.69) is 9.84 Å². The summed E-state index contributed by atoms with van der Waals surface area (Å²) in [4.78, 5) is 37.1. The van der Waals surface area contributed by atoms with Crippen molar-refractivity contribution in [3.8, 4) is 16.9 Å². The molecule has 0 atom stereocenters. The zero-order valence-corrected chi connectivity index (χ0v) is 18.5. The highest BCUT2D eigenvalue weighted by atomic mass is 19.4. The maximum atomic E-state index is 13.2. The second-order valence-electron chi connectivity index (χ2n) is 7.64. The minimum atomic E-state index is -5.08. The number of fused-ring (bicyclic) bond motifs is 1. The summed E-state index contributed by atoms with van der Waals surface area (Å²) in [5.41, 5.74) is 7.08. The minimum absolute atomic E-state index is 0.0440. The lowest BCUT2D eigenvalue weighted by atomic mass is 10.0. The van der Waals surface area contributed by atoms with Crippen LogP contribution >= 0.6 is 0 Å². The normalized spacial score (nSPS) is 11.3. The number of hydrogen-bond acceptors (Lipinski definition) is 5. The molecule has 0 unspecified atom stereocenters. The summed E-state index contributed by atoms with van der Waals surface area (Å²) in [6.45, 7) is 0. The molecule has 36 heavy (non-hydrogen) atoms. The number of nitrogens with two attached hydrogens (primary N) is 1. The number of anilines is 1. The molecule has 0 saturated carbocycles. The third kappa shape index (κ3) is 4.82. The van der Waals surface area contributed by atoms with E-state index in [0.717, 1.165) is 28.7 Å². The molecular formula is C24H17F3N4O5. The van der Waals surface area contributed by atoms with Gasteiger partial charge in [0.1, 0.15) is 11.3 Å². The van der Waals surface area contributed by atoms with E-state index in [1.807, 2.05) is 0 Å². The second-order valence-corrected chi connectivity index (χ2v) is 7.64. The number of hydrogen-bond donors (Lipinski definition) is 2. The van der Waals surface area contributed by atoms with Crippen LogP contribution < -0.4 is 15.4 Å². The van der Waals surface area contributed by atoms with Crippen LogP contribution in [0.2, 0.25) is 0 Å². The first-order chi connectivity index (χ1) is 16.9. The van der Waals surface area contributed by atoms with Gasteiger partial charge in [0.25, 0.3) is 5.91 Å². The van der Waals surface area contributed by atoms with Crippen molar-refractivity contribution in [1.82, 2.24) is 9.61 Å². The van der Waals surface area contributed by atoms with E-state index in [9.17, 15) is 32.7 Å². The van der Waals surface area contributed by atoms with Crippen molar-refractivity contribution in [2.75, 3.05) is 11.9 Å². The number of carbonyl (C=O) groups excluding carboxylic acids is 2. The summed E-state index contributed by atoms with van der Waals surface area (Å²) in [7, 11) is 1.36.